The van der Waals surface area contributed by atoms with E-state index in [9.17, 15) is 19.6 Å². The summed E-state index contributed by atoms with van der Waals surface area (Å²) in [7, 11) is -0.463. The van der Waals surface area contributed by atoms with Crippen LogP contribution >= 0.6 is 0 Å². The SMILES string of the molecule is COc1ccc(NC(=O)c2cnn3c2C(=O)N(c2ccc(C(=O)c4cccc(C#C[Si](C(C)C)(C(C)C)C(C)C)c4)cc2)C(C)C3)cc1C#N. The van der Waals surface area contributed by atoms with Gasteiger partial charge in [0.1, 0.15) is 25.6 Å². The summed E-state index contributed by atoms with van der Waals surface area (Å²) in [5, 5.41) is 16.5. The lowest BCUT2D eigenvalue weighted by Crippen LogP contribution is -2.47. The second-order valence-corrected chi connectivity index (χ2v) is 19.3. The minimum atomic E-state index is -1.93. The highest BCUT2D eigenvalue weighted by Crippen LogP contribution is 2.41. The molecule has 4 aromatic rings. The average Bonchev–Trinajstić information content (AvgIpc) is 3.52. The number of amides is 2. The highest BCUT2D eigenvalue weighted by Gasteiger charge is 2.42. The van der Waals surface area contributed by atoms with Crippen molar-refractivity contribution >= 4 is 37.0 Å². The Morgan fingerprint density at radius 2 is 1.64 bits per heavy atom. The predicted molar refractivity (Wildman–Crippen MR) is 198 cm³/mol. The lowest BCUT2D eigenvalue weighted by molar-refractivity contribution is 0.0933. The maximum Gasteiger partial charge on any atom is 0.277 e. The number of fused-ring (bicyclic) bond motifs is 1. The standard InChI is InChI=1S/C40H43N5O4Si/c1-25(2)50(26(3)4,27(5)6)19-18-29-10-9-11-31(20-29)38(46)30-12-15-34(16-13-30)45-28(7)24-44-37(40(45)48)35(23-42-44)39(47)43-33-14-17-36(49-8)32(21-33)22-41/h9-17,20-21,23,25-28H,24H2,1-8H3,(H,43,47). The van der Waals surface area contributed by atoms with Crippen molar-refractivity contribution in [1.82, 2.24) is 9.78 Å². The number of ether oxygens (including phenoxy) is 1. The summed E-state index contributed by atoms with van der Waals surface area (Å²) < 4.78 is 6.72. The van der Waals surface area contributed by atoms with Gasteiger partial charge in [-0.25, -0.2) is 0 Å². The highest BCUT2D eigenvalue weighted by molar-refractivity contribution is 6.90. The Labute approximate surface area is 295 Å². The zero-order valence-corrected chi connectivity index (χ0v) is 30.9. The molecule has 3 aromatic carbocycles. The molecule has 1 aliphatic rings. The average molecular weight is 686 g/mol. The number of nitrogens with one attached hydrogen (secondary N) is 1. The van der Waals surface area contributed by atoms with Crippen LogP contribution in [-0.2, 0) is 6.54 Å². The molecule has 0 bridgehead atoms. The van der Waals surface area contributed by atoms with Crippen LogP contribution in [0.15, 0.2) is 72.9 Å². The van der Waals surface area contributed by atoms with Crippen molar-refractivity contribution in [3.05, 3.63) is 106 Å². The van der Waals surface area contributed by atoms with E-state index in [1.807, 2.05) is 31.2 Å². The smallest absolute Gasteiger partial charge is 0.277 e. The molecule has 10 heteroatoms. The van der Waals surface area contributed by atoms with E-state index in [-0.39, 0.29) is 34.6 Å². The van der Waals surface area contributed by atoms with Gasteiger partial charge in [-0.3, -0.25) is 19.1 Å². The van der Waals surface area contributed by atoms with Crippen LogP contribution in [0.25, 0.3) is 0 Å². The van der Waals surface area contributed by atoms with Gasteiger partial charge in [0.05, 0.1) is 37.0 Å². The lowest BCUT2D eigenvalue weighted by atomic mass is 10.0. The van der Waals surface area contributed by atoms with Crippen LogP contribution in [0.5, 0.6) is 5.75 Å². The summed E-state index contributed by atoms with van der Waals surface area (Å²) in [6, 6.07) is 20.9. The van der Waals surface area contributed by atoms with Gasteiger partial charge >= 0.3 is 0 Å². The molecule has 2 amide bonds. The number of nitrogens with zero attached hydrogens (tertiary/aromatic N) is 4. The van der Waals surface area contributed by atoms with E-state index in [2.05, 4.69) is 63.4 Å². The number of rotatable bonds is 9. The van der Waals surface area contributed by atoms with Crippen LogP contribution in [0.2, 0.25) is 16.6 Å². The molecule has 9 nitrogen and oxygen atoms in total. The molecule has 1 aromatic heterocycles. The lowest BCUT2D eigenvalue weighted by Gasteiger charge is -2.38. The molecule has 5 rings (SSSR count). The van der Waals surface area contributed by atoms with Crippen LogP contribution < -0.4 is 15.0 Å². The van der Waals surface area contributed by atoms with Gasteiger partial charge in [0.25, 0.3) is 11.8 Å². The first-order valence-electron chi connectivity index (χ1n) is 16.9. The number of nitriles is 1. The molecular weight excluding hydrogens is 643 g/mol. The van der Waals surface area contributed by atoms with Crippen LogP contribution in [-0.4, -0.2) is 48.6 Å². The van der Waals surface area contributed by atoms with Crippen molar-refractivity contribution in [3.63, 3.8) is 0 Å². The van der Waals surface area contributed by atoms with E-state index in [0.717, 1.165) is 5.56 Å². The summed E-state index contributed by atoms with van der Waals surface area (Å²) in [4.78, 5) is 42.5. The molecule has 0 aliphatic carbocycles. The zero-order valence-electron chi connectivity index (χ0n) is 29.9. The second kappa shape index (κ2) is 14.6. The van der Waals surface area contributed by atoms with E-state index in [4.69, 9.17) is 4.74 Å². The van der Waals surface area contributed by atoms with Gasteiger partial charge in [0, 0.05) is 28.1 Å². The zero-order chi connectivity index (χ0) is 36.3. The van der Waals surface area contributed by atoms with Crippen molar-refractivity contribution in [3.8, 4) is 23.3 Å². The van der Waals surface area contributed by atoms with E-state index >= 15 is 0 Å². The number of ketones is 1. The van der Waals surface area contributed by atoms with Gasteiger partial charge in [0.2, 0.25) is 0 Å². The van der Waals surface area contributed by atoms with E-state index in [0.29, 0.717) is 51.4 Å². The van der Waals surface area contributed by atoms with Crippen LogP contribution in [0, 0.1) is 22.8 Å². The first kappa shape index (κ1) is 35.8. The fourth-order valence-corrected chi connectivity index (χ4v) is 12.5. The molecule has 0 spiro atoms. The largest absolute Gasteiger partial charge is 0.495 e. The summed E-state index contributed by atoms with van der Waals surface area (Å²) in [6.07, 6.45) is 1.38. The van der Waals surface area contributed by atoms with Gasteiger partial charge in [-0.2, -0.15) is 10.4 Å². The Morgan fingerprint density at radius 1 is 0.960 bits per heavy atom. The molecule has 0 saturated heterocycles. The van der Waals surface area contributed by atoms with Crippen molar-refractivity contribution in [1.29, 1.82) is 5.26 Å². The molecule has 50 heavy (non-hydrogen) atoms. The third kappa shape index (κ3) is 6.72. The topological polar surface area (TPSA) is 117 Å². The van der Waals surface area contributed by atoms with Gasteiger partial charge in [-0.05, 0) is 78.1 Å². The number of methoxy groups -OCH3 is 1. The minimum Gasteiger partial charge on any atom is -0.495 e. The minimum absolute atomic E-state index is 0.117. The Bertz CT molecular complexity index is 2020. The molecule has 1 aliphatic heterocycles. The molecule has 0 radical (unpaired) electrons. The highest BCUT2D eigenvalue weighted by atomic mass is 28.3. The predicted octanol–water partition coefficient (Wildman–Crippen LogP) is 7.87. The van der Waals surface area contributed by atoms with Crippen molar-refractivity contribution < 1.29 is 19.1 Å². The normalized spacial score (nSPS) is 14.2. The maximum absolute atomic E-state index is 13.9. The first-order valence-corrected chi connectivity index (χ1v) is 19.1. The van der Waals surface area contributed by atoms with Crippen molar-refractivity contribution in [2.45, 2.75) is 77.7 Å². The molecule has 1 N–H and O–H groups in total. The Morgan fingerprint density at radius 3 is 2.26 bits per heavy atom. The molecule has 1 unspecified atom stereocenters. The Hall–Kier alpha value is -5.45. The number of carbonyl (C=O) groups excluding carboxylic acids is 3. The van der Waals surface area contributed by atoms with Crippen LogP contribution in [0.4, 0.5) is 11.4 Å². The van der Waals surface area contributed by atoms with Gasteiger partial charge < -0.3 is 15.0 Å². The first-order chi connectivity index (χ1) is 23.8. The van der Waals surface area contributed by atoms with Gasteiger partial charge in [-0.1, -0.05) is 59.6 Å². The van der Waals surface area contributed by atoms with Crippen molar-refractivity contribution in [2.75, 3.05) is 17.3 Å². The monoisotopic (exact) mass is 685 g/mol. The summed E-state index contributed by atoms with van der Waals surface area (Å²) in [5.74, 6) is 2.79. The van der Waals surface area contributed by atoms with E-state index in [1.165, 1.54) is 24.1 Å². The van der Waals surface area contributed by atoms with Gasteiger partial charge in [0.15, 0.2) is 5.78 Å². The quantitative estimate of drug-likeness (QED) is 0.109. The Kier molecular flexibility index (Phi) is 10.4. The molecule has 1 atom stereocenters. The number of carbonyl (C=O) groups is 3. The summed E-state index contributed by atoms with van der Waals surface area (Å²) in [5.41, 5.74) is 8.66. The maximum atomic E-state index is 13.9. The Balaban J connectivity index is 1.36. The molecular formula is C40H43N5O4Si. The third-order valence-electron chi connectivity index (χ3n) is 9.78. The molecule has 2 heterocycles. The van der Waals surface area contributed by atoms with Crippen LogP contribution in [0.1, 0.15) is 96.4 Å². The molecule has 256 valence electrons. The number of benzene rings is 3. The fraction of sp³-hybridized carbons (Fsp3) is 0.325. The summed E-state index contributed by atoms with van der Waals surface area (Å²) in [6.45, 7) is 16.0. The fourth-order valence-electron chi connectivity index (χ4n) is 7.30. The third-order valence-corrected chi connectivity index (χ3v) is 16.1. The van der Waals surface area contributed by atoms with Crippen molar-refractivity contribution in [2.24, 2.45) is 0 Å². The van der Waals surface area contributed by atoms with E-state index in [1.54, 1.807) is 47.4 Å². The molecule has 0 saturated carbocycles. The second-order valence-electron chi connectivity index (χ2n) is 13.7. The number of anilines is 2. The van der Waals surface area contributed by atoms with Crippen LogP contribution in [0.3, 0.4) is 0 Å². The number of hydrogen-bond acceptors (Lipinski definition) is 6. The van der Waals surface area contributed by atoms with E-state index < -0.39 is 14.0 Å². The number of aromatic nitrogens is 2. The van der Waals surface area contributed by atoms with Gasteiger partial charge in [-0.15, -0.1) is 5.54 Å². The molecule has 0 fully saturated rings. The number of hydrogen-bond donors (Lipinski definition) is 1. The summed E-state index contributed by atoms with van der Waals surface area (Å²) >= 11 is 0.